The molecule has 0 radical (unpaired) electrons. The van der Waals surface area contributed by atoms with Crippen LogP contribution in [-0.4, -0.2) is 29.2 Å². The van der Waals surface area contributed by atoms with Crippen LogP contribution in [0, 0.1) is 12.8 Å². The monoisotopic (exact) mass is 196 g/mol. The van der Waals surface area contributed by atoms with Crippen LogP contribution in [0.4, 0.5) is 0 Å². The number of H-pyrrole nitrogens is 1. The second-order valence-corrected chi connectivity index (χ2v) is 3.46. The number of nitrogens with one attached hydrogen (secondary N) is 2. The molecule has 5 nitrogen and oxygen atoms in total. The number of aryl methyl sites for hydroxylation is 1. The summed E-state index contributed by atoms with van der Waals surface area (Å²) in [4.78, 5) is 11.5. The van der Waals surface area contributed by atoms with Gasteiger partial charge in [-0.2, -0.15) is 5.10 Å². The van der Waals surface area contributed by atoms with E-state index in [1.807, 2.05) is 13.8 Å². The number of rotatable bonds is 4. The fourth-order valence-corrected chi connectivity index (χ4v) is 1.03. The second kappa shape index (κ2) is 4.76. The normalized spacial score (nSPS) is 12.5. The number of aromatic amines is 1. The number of carbonyl (C=O) groups is 1. The Morgan fingerprint density at radius 1 is 1.79 bits per heavy atom. The lowest BCUT2D eigenvalue weighted by molar-refractivity contribution is 0.0948. The first-order valence-corrected chi connectivity index (χ1v) is 4.63. The van der Waals surface area contributed by atoms with E-state index in [1.165, 1.54) is 6.20 Å². The Morgan fingerprint density at radius 2 is 2.50 bits per heavy atom. The summed E-state index contributed by atoms with van der Waals surface area (Å²) in [7, 11) is 0. The first-order chi connectivity index (χ1) is 6.65. The number of amides is 1. The standard InChI is InChI=1S/C9H16N4O/c1-6(3-10)4-11-9(14)8-5-12-13-7(8)2/h5-6H,3-4,10H2,1-2H3,(H,11,14)(H,12,13). The Bertz CT molecular complexity index is 308. The molecule has 78 valence electrons. The molecule has 0 aliphatic carbocycles. The Hall–Kier alpha value is -1.36. The summed E-state index contributed by atoms with van der Waals surface area (Å²) in [6.45, 7) is 4.97. The first-order valence-electron chi connectivity index (χ1n) is 4.63. The minimum absolute atomic E-state index is 0.100. The highest BCUT2D eigenvalue weighted by molar-refractivity contribution is 5.94. The molecule has 1 unspecified atom stereocenters. The molecule has 0 saturated heterocycles. The number of nitrogens with two attached hydrogens (primary N) is 1. The van der Waals surface area contributed by atoms with E-state index in [-0.39, 0.29) is 5.91 Å². The van der Waals surface area contributed by atoms with Gasteiger partial charge in [0.2, 0.25) is 0 Å². The van der Waals surface area contributed by atoms with E-state index in [4.69, 9.17) is 5.73 Å². The van der Waals surface area contributed by atoms with Crippen molar-refractivity contribution >= 4 is 5.91 Å². The van der Waals surface area contributed by atoms with E-state index in [9.17, 15) is 4.79 Å². The summed E-state index contributed by atoms with van der Waals surface area (Å²) in [6.07, 6.45) is 1.53. The molecule has 1 heterocycles. The van der Waals surface area contributed by atoms with Crippen molar-refractivity contribution < 1.29 is 4.79 Å². The molecule has 0 aliphatic heterocycles. The molecule has 0 fully saturated rings. The Balaban J connectivity index is 2.47. The highest BCUT2D eigenvalue weighted by Gasteiger charge is 2.10. The highest BCUT2D eigenvalue weighted by atomic mass is 16.1. The number of hydrogen-bond donors (Lipinski definition) is 3. The third-order valence-electron chi connectivity index (χ3n) is 2.09. The fraction of sp³-hybridized carbons (Fsp3) is 0.556. The number of hydrogen-bond acceptors (Lipinski definition) is 3. The number of aromatic nitrogens is 2. The maximum Gasteiger partial charge on any atom is 0.254 e. The predicted molar refractivity (Wildman–Crippen MR) is 53.9 cm³/mol. The fourth-order valence-electron chi connectivity index (χ4n) is 1.03. The van der Waals surface area contributed by atoms with Crippen LogP contribution in [-0.2, 0) is 0 Å². The van der Waals surface area contributed by atoms with Crippen LogP contribution in [0.15, 0.2) is 6.20 Å². The van der Waals surface area contributed by atoms with Gasteiger partial charge in [0.05, 0.1) is 11.8 Å². The minimum atomic E-state index is -0.100. The third-order valence-corrected chi connectivity index (χ3v) is 2.09. The number of carbonyl (C=O) groups excluding carboxylic acids is 1. The van der Waals surface area contributed by atoms with Gasteiger partial charge in [-0.15, -0.1) is 0 Å². The smallest absolute Gasteiger partial charge is 0.254 e. The maximum absolute atomic E-state index is 11.5. The molecule has 0 aromatic carbocycles. The van der Waals surface area contributed by atoms with Crippen molar-refractivity contribution in [2.75, 3.05) is 13.1 Å². The van der Waals surface area contributed by atoms with E-state index in [0.29, 0.717) is 24.6 Å². The Morgan fingerprint density at radius 3 is 3.00 bits per heavy atom. The maximum atomic E-state index is 11.5. The topological polar surface area (TPSA) is 83.8 Å². The summed E-state index contributed by atoms with van der Waals surface area (Å²) in [6, 6.07) is 0. The molecule has 5 heteroatoms. The van der Waals surface area contributed by atoms with Crippen LogP contribution in [0.5, 0.6) is 0 Å². The molecule has 14 heavy (non-hydrogen) atoms. The van der Waals surface area contributed by atoms with Crippen LogP contribution in [0.3, 0.4) is 0 Å². The van der Waals surface area contributed by atoms with Gasteiger partial charge in [-0.05, 0) is 19.4 Å². The van der Waals surface area contributed by atoms with Gasteiger partial charge in [0.25, 0.3) is 5.91 Å². The van der Waals surface area contributed by atoms with E-state index < -0.39 is 0 Å². The molecule has 0 saturated carbocycles. The van der Waals surface area contributed by atoms with Crippen molar-refractivity contribution in [1.29, 1.82) is 0 Å². The zero-order chi connectivity index (χ0) is 10.6. The van der Waals surface area contributed by atoms with Crippen molar-refractivity contribution in [3.8, 4) is 0 Å². The molecular weight excluding hydrogens is 180 g/mol. The predicted octanol–water partition coefficient (Wildman–Crippen LogP) is 0.0427. The molecule has 1 aromatic heterocycles. The van der Waals surface area contributed by atoms with E-state index >= 15 is 0 Å². The lowest BCUT2D eigenvalue weighted by Gasteiger charge is -2.09. The molecule has 1 amide bonds. The van der Waals surface area contributed by atoms with Crippen molar-refractivity contribution in [3.05, 3.63) is 17.5 Å². The Labute approximate surface area is 83.1 Å². The molecule has 0 bridgehead atoms. The Kier molecular flexibility index (Phi) is 3.64. The van der Waals surface area contributed by atoms with Gasteiger partial charge in [-0.1, -0.05) is 6.92 Å². The van der Waals surface area contributed by atoms with E-state index in [0.717, 1.165) is 5.69 Å². The van der Waals surface area contributed by atoms with Crippen molar-refractivity contribution in [3.63, 3.8) is 0 Å². The van der Waals surface area contributed by atoms with Gasteiger partial charge >= 0.3 is 0 Å². The zero-order valence-corrected chi connectivity index (χ0v) is 8.50. The molecule has 0 aliphatic rings. The minimum Gasteiger partial charge on any atom is -0.352 e. The summed E-state index contributed by atoms with van der Waals surface area (Å²) >= 11 is 0. The third kappa shape index (κ3) is 2.56. The average Bonchev–Trinajstić information content (AvgIpc) is 2.60. The summed E-state index contributed by atoms with van der Waals surface area (Å²) in [5.74, 6) is 0.197. The van der Waals surface area contributed by atoms with Crippen LogP contribution in [0.1, 0.15) is 23.0 Å². The van der Waals surface area contributed by atoms with E-state index in [2.05, 4.69) is 15.5 Å². The van der Waals surface area contributed by atoms with Gasteiger partial charge in [-0.25, -0.2) is 0 Å². The molecule has 0 spiro atoms. The van der Waals surface area contributed by atoms with Gasteiger partial charge in [0.1, 0.15) is 0 Å². The van der Waals surface area contributed by atoms with Crippen LogP contribution in [0.2, 0.25) is 0 Å². The molecular formula is C9H16N4O. The summed E-state index contributed by atoms with van der Waals surface area (Å²) in [5.41, 5.74) is 6.81. The lowest BCUT2D eigenvalue weighted by Crippen LogP contribution is -2.31. The SMILES string of the molecule is Cc1[nH]ncc1C(=O)NCC(C)CN. The quantitative estimate of drug-likeness (QED) is 0.636. The van der Waals surface area contributed by atoms with Crippen molar-refractivity contribution in [1.82, 2.24) is 15.5 Å². The van der Waals surface area contributed by atoms with Gasteiger partial charge in [0.15, 0.2) is 0 Å². The van der Waals surface area contributed by atoms with Gasteiger partial charge in [-0.3, -0.25) is 9.89 Å². The summed E-state index contributed by atoms with van der Waals surface area (Å²) in [5, 5.41) is 9.29. The van der Waals surface area contributed by atoms with Crippen LogP contribution >= 0.6 is 0 Å². The van der Waals surface area contributed by atoms with Crippen LogP contribution < -0.4 is 11.1 Å². The molecule has 1 atom stereocenters. The van der Waals surface area contributed by atoms with Crippen molar-refractivity contribution in [2.45, 2.75) is 13.8 Å². The van der Waals surface area contributed by atoms with Gasteiger partial charge in [0, 0.05) is 12.2 Å². The zero-order valence-electron chi connectivity index (χ0n) is 8.50. The second-order valence-electron chi connectivity index (χ2n) is 3.46. The van der Waals surface area contributed by atoms with Crippen molar-refractivity contribution in [2.24, 2.45) is 11.7 Å². The highest BCUT2D eigenvalue weighted by Crippen LogP contribution is 2.01. The average molecular weight is 196 g/mol. The first kappa shape index (κ1) is 10.7. The number of nitrogens with zero attached hydrogens (tertiary/aromatic N) is 1. The van der Waals surface area contributed by atoms with Gasteiger partial charge < -0.3 is 11.1 Å². The lowest BCUT2D eigenvalue weighted by atomic mass is 10.2. The molecule has 1 aromatic rings. The molecule has 1 rings (SSSR count). The summed E-state index contributed by atoms with van der Waals surface area (Å²) < 4.78 is 0. The molecule has 4 N–H and O–H groups in total. The van der Waals surface area contributed by atoms with E-state index in [1.54, 1.807) is 0 Å². The largest absolute Gasteiger partial charge is 0.352 e. The van der Waals surface area contributed by atoms with Crippen LogP contribution in [0.25, 0.3) is 0 Å².